The lowest BCUT2D eigenvalue weighted by Gasteiger charge is -2.17. The molecule has 110 valence electrons. The summed E-state index contributed by atoms with van der Waals surface area (Å²) in [5.41, 5.74) is 1.14. The maximum atomic E-state index is 13.4. The highest BCUT2D eigenvalue weighted by Crippen LogP contribution is 2.33. The van der Waals surface area contributed by atoms with Crippen molar-refractivity contribution in [3.8, 4) is 0 Å². The van der Waals surface area contributed by atoms with Gasteiger partial charge in [-0.2, -0.15) is 5.10 Å². The van der Waals surface area contributed by atoms with Crippen LogP contribution >= 0.6 is 11.3 Å². The fraction of sp³-hybridized carbons (Fsp3) is 0.312. The van der Waals surface area contributed by atoms with Gasteiger partial charge in [0.25, 0.3) is 0 Å². The van der Waals surface area contributed by atoms with Crippen LogP contribution in [0.1, 0.15) is 30.5 Å². The van der Waals surface area contributed by atoms with E-state index in [9.17, 15) is 4.39 Å². The van der Waals surface area contributed by atoms with Crippen LogP contribution in [0.25, 0.3) is 10.1 Å². The minimum Gasteiger partial charge on any atom is -0.305 e. The zero-order valence-electron chi connectivity index (χ0n) is 12.1. The van der Waals surface area contributed by atoms with Gasteiger partial charge in [0.05, 0.1) is 11.7 Å². The molecule has 0 fully saturated rings. The van der Waals surface area contributed by atoms with Crippen LogP contribution in [-0.4, -0.2) is 16.3 Å². The molecule has 0 radical (unpaired) electrons. The second kappa shape index (κ2) is 5.95. The molecule has 0 aliphatic carbocycles. The molecule has 1 unspecified atom stereocenters. The number of halogens is 1. The molecule has 5 heteroatoms. The molecule has 0 saturated carbocycles. The van der Waals surface area contributed by atoms with E-state index in [0.717, 1.165) is 28.9 Å². The second-order valence-electron chi connectivity index (χ2n) is 4.89. The van der Waals surface area contributed by atoms with Crippen molar-refractivity contribution >= 4 is 21.4 Å². The lowest BCUT2D eigenvalue weighted by Crippen LogP contribution is -2.24. The Hall–Kier alpha value is -1.72. The lowest BCUT2D eigenvalue weighted by molar-refractivity contribution is 0.547. The molecule has 3 rings (SSSR count). The third kappa shape index (κ3) is 2.71. The summed E-state index contributed by atoms with van der Waals surface area (Å²) in [7, 11) is 0. The SMILES string of the molecule is CCNC(c1cc2cc(F)ccc2s1)c1ccnn1CC. The van der Waals surface area contributed by atoms with Gasteiger partial charge >= 0.3 is 0 Å². The molecule has 2 aromatic heterocycles. The number of hydrogen-bond donors (Lipinski definition) is 1. The first kappa shape index (κ1) is 14.2. The first-order valence-electron chi connectivity index (χ1n) is 7.17. The number of rotatable bonds is 5. The number of thiophene rings is 1. The molecule has 1 aromatic carbocycles. The maximum Gasteiger partial charge on any atom is 0.123 e. The van der Waals surface area contributed by atoms with Gasteiger partial charge in [-0.25, -0.2) is 4.39 Å². The summed E-state index contributed by atoms with van der Waals surface area (Å²) < 4.78 is 16.5. The maximum absolute atomic E-state index is 13.4. The Morgan fingerprint density at radius 2 is 2.14 bits per heavy atom. The van der Waals surface area contributed by atoms with E-state index < -0.39 is 0 Å². The van der Waals surface area contributed by atoms with Crippen molar-refractivity contribution in [2.75, 3.05) is 6.54 Å². The average Bonchev–Trinajstić information content (AvgIpc) is 3.10. The van der Waals surface area contributed by atoms with Gasteiger partial charge in [0, 0.05) is 22.3 Å². The van der Waals surface area contributed by atoms with Crippen molar-refractivity contribution in [3.05, 3.63) is 52.9 Å². The van der Waals surface area contributed by atoms with Crippen LogP contribution in [0.5, 0.6) is 0 Å². The van der Waals surface area contributed by atoms with Crippen molar-refractivity contribution in [3.63, 3.8) is 0 Å². The van der Waals surface area contributed by atoms with Gasteiger partial charge in [0.2, 0.25) is 0 Å². The number of benzene rings is 1. The van der Waals surface area contributed by atoms with E-state index in [1.165, 1.54) is 10.9 Å². The van der Waals surface area contributed by atoms with E-state index in [-0.39, 0.29) is 11.9 Å². The summed E-state index contributed by atoms with van der Waals surface area (Å²) in [5.74, 6) is -0.189. The predicted molar refractivity (Wildman–Crippen MR) is 85.2 cm³/mol. The van der Waals surface area contributed by atoms with Gasteiger partial charge in [-0.1, -0.05) is 6.92 Å². The van der Waals surface area contributed by atoms with Crippen LogP contribution in [0.3, 0.4) is 0 Å². The molecule has 0 saturated heterocycles. The first-order chi connectivity index (χ1) is 10.2. The van der Waals surface area contributed by atoms with Crippen molar-refractivity contribution in [1.29, 1.82) is 0 Å². The Labute approximate surface area is 127 Å². The normalized spacial score (nSPS) is 12.9. The minimum atomic E-state index is -0.189. The Kier molecular flexibility index (Phi) is 4.03. The molecular formula is C16H18FN3S. The van der Waals surface area contributed by atoms with Crippen molar-refractivity contribution in [1.82, 2.24) is 15.1 Å². The highest BCUT2D eigenvalue weighted by Gasteiger charge is 2.19. The van der Waals surface area contributed by atoms with Crippen LogP contribution < -0.4 is 5.32 Å². The molecule has 0 bridgehead atoms. The van der Waals surface area contributed by atoms with E-state index in [4.69, 9.17) is 0 Å². The van der Waals surface area contributed by atoms with E-state index in [1.807, 2.05) is 23.0 Å². The van der Waals surface area contributed by atoms with Crippen molar-refractivity contribution < 1.29 is 4.39 Å². The first-order valence-corrected chi connectivity index (χ1v) is 7.98. The van der Waals surface area contributed by atoms with Crippen LogP contribution in [-0.2, 0) is 6.54 Å². The number of nitrogens with one attached hydrogen (secondary N) is 1. The zero-order chi connectivity index (χ0) is 14.8. The monoisotopic (exact) mass is 303 g/mol. The molecule has 3 nitrogen and oxygen atoms in total. The fourth-order valence-corrected chi connectivity index (χ4v) is 3.72. The number of aromatic nitrogens is 2. The Morgan fingerprint density at radius 3 is 2.90 bits per heavy atom. The standard InChI is InChI=1S/C16H18FN3S/c1-3-18-16(13-7-8-19-20(13)4-2)15-10-11-9-12(17)5-6-14(11)21-15/h5-10,16,18H,3-4H2,1-2H3. The molecule has 0 spiro atoms. The lowest BCUT2D eigenvalue weighted by atomic mass is 10.1. The Balaban J connectivity index is 2.06. The Morgan fingerprint density at radius 1 is 1.29 bits per heavy atom. The fourth-order valence-electron chi connectivity index (χ4n) is 2.58. The van der Waals surface area contributed by atoms with Gasteiger partial charge in [0.1, 0.15) is 5.82 Å². The minimum absolute atomic E-state index is 0.0953. The van der Waals surface area contributed by atoms with Gasteiger partial charge in [-0.15, -0.1) is 11.3 Å². The average molecular weight is 303 g/mol. The summed E-state index contributed by atoms with van der Waals surface area (Å²) in [6, 6.07) is 9.17. The summed E-state index contributed by atoms with van der Waals surface area (Å²) >= 11 is 1.70. The van der Waals surface area contributed by atoms with E-state index in [1.54, 1.807) is 17.4 Å². The molecule has 0 aliphatic rings. The molecule has 0 aliphatic heterocycles. The molecule has 1 N–H and O–H groups in total. The summed E-state index contributed by atoms with van der Waals surface area (Å²) in [6.45, 7) is 5.87. The van der Waals surface area contributed by atoms with Crippen LogP contribution in [0.2, 0.25) is 0 Å². The molecule has 2 heterocycles. The van der Waals surface area contributed by atoms with Crippen LogP contribution in [0.15, 0.2) is 36.5 Å². The predicted octanol–water partition coefficient (Wildman–Crippen LogP) is 3.96. The zero-order valence-corrected chi connectivity index (χ0v) is 13.0. The third-order valence-electron chi connectivity index (χ3n) is 3.53. The molecule has 21 heavy (non-hydrogen) atoms. The van der Waals surface area contributed by atoms with Gasteiger partial charge in [-0.3, -0.25) is 4.68 Å². The van der Waals surface area contributed by atoms with E-state index >= 15 is 0 Å². The van der Waals surface area contributed by atoms with Crippen LogP contribution in [0.4, 0.5) is 4.39 Å². The topological polar surface area (TPSA) is 29.9 Å². The van der Waals surface area contributed by atoms with Crippen molar-refractivity contribution in [2.24, 2.45) is 0 Å². The highest BCUT2D eigenvalue weighted by atomic mass is 32.1. The number of aryl methyl sites for hydroxylation is 1. The van der Waals surface area contributed by atoms with Gasteiger partial charge in [0.15, 0.2) is 0 Å². The molecular weight excluding hydrogens is 285 g/mol. The second-order valence-corrected chi connectivity index (χ2v) is 6.01. The molecule has 0 amide bonds. The number of nitrogens with zero attached hydrogens (tertiary/aromatic N) is 2. The smallest absolute Gasteiger partial charge is 0.123 e. The highest BCUT2D eigenvalue weighted by molar-refractivity contribution is 7.19. The molecule has 1 atom stereocenters. The van der Waals surface area contributed by atoms with Gasteiger partial charge < -0.3 is 5.32 Å². The Bertz CT molecular complexity index is 747. The van der Waals surface area contributed by atoms with Crippen molar-refractivity contribution in [2.45, 2.75) is 26.4 Å². The quantitative estimate of drug-likeness (QED) is 0.773. The summed E-state index contributed by atoms with van der Waals surface area (Å²) in [5, 5.41) is 8.82. The van der Waals surface area contributed by atoms with E-state index in [0.29, 0.717) is 0 Å². The van der Waals surface area contributed by atoms with Gasteiger partial charge in [-0.05, 0) is 49.2 Å². The number of fused-ring (bicyclic) bond motifs is 1. The van der Waals surface area contributed by atoms with Crippen LogP contribution in [0, 0.1) is 5.82 Å². The largest absolute Gasteiger partial charge is 0.305 e. The van der Waals surface area contributed by atoms with E-state index in [2.05, 4.69) is 30.3 Å². The number of hydrogen-bond acceptors (Lipinski definition) is 3. The third-order valence-corrected chi connectivity index (χ3v) is 4.72. The summed E-state index contributed by atoms with van der Waals surface area (Å²) in [4.78, 5) is 1.19. The summed E-state index contributed by atoms with van der Waals surface area (Å²) in [6.07, 6.45) is 1.83. The molecule has 3 aromatic rings.